The molecule has 0 heterocycles. The van der Waals surface area contributed by atoms with E-state index in [1.807, 2.05) is 0 Å². The first kappa shape index (κ1) is 21.8. The van der Waals surface area contributed by atoms with E-state index in [0.717, 1.165) is 12.8 Å². The van der Waals surface area contributed by atoms with E-state index in [1.165, 1.54) is 50.6 Å². The van der Waals surface area contributed by atoms with Crippen LogP contribution in [0.15, 0.2) is 41.3 Å². The maximum Gasteiger partial charge on any atom is 0.387 e. The fraction of sp³-hybridized carbons (Fsp3) is 0.316. The van der Waals surface area contributed by atoms with Crippen molar-refractivity contribution in [2.45, 2.75) is 30.4 Å². The van der Waals surface area contributed by atoms with Gasteiger partial charge in [-0.2, -0.15) is 8.78 Å². The second kappa shape index (κ2) is 8.84. The van der Waals surface area contributed by atoms with Crippen LogP contribution in [0.3, 0.4) is 0 Å². The van der Waals surface area contributed by atoms with Crippen molar-refractivity contribution < 1.29 is 36.2 Å². The van der Waals surface area contributed by atoms with E-state index in [2.05, 4.69) is 14.8 Å². The van der Waals surface area contributed by atoms with Gasteiger partial charge in [-0.25, -0.2) is 13.1 Å². The third-order valence-electron chi connectivity index (χ3n) is 4.28. The van der Waals surface area contributed by atoms with E-state index in [0.29, 0.717) is 0 Å². The molecule has 3 rings (SSSR count). The number of sulfonamides is 1. The Balaban J connectivity index is 1.94. The number of amides is 1. The fourth-order valence-corrected chi connectivity index (χ4v) is 4.03. The molecule has 11 heteroatoms. The van der Waals surface area contributed by atoms with Crippen molar-refractivity contribution in [3.8, 4) is 17.2 Å². The summed E-state index contributed by atoms with van der Waals surface area (Å²) in [5, 5.41) is 2.49. The van der Waals surface area contributed by atoms with Crippen LogP contribution >= 0.6 is 0 Å². The van der Waals surface area contributed by atoms with Gasteiger partial charge in [-0.05, 0) is 43.2 Å². The highest BCUT2D eigenvalue weighted by molar-refractivity contribution is 7.89. The first-order chi connectivity index (χ1) is 14.2. The van der Waals surface area contributed by atoms with Gasteiger partial charge in [-0.15, -0.1) is 0 Å². The largest absolute Gasteiger partial charge is 0.495 e. The Morgan fingerprint density at radius 2 is 1.80 bits per heavy atom. The van der Waals surface area contributed by atoms with Crippen molar-refractivity contribution in [2.24, 2.45) is 0 Å². The number of alkyl halides is 2. The van der Waals surface area contributed by atoms with Crippen LogP contribution in [-0.2, 0) is 10.0 Å². The summed E-state index contributed by atoms with van der Waals surface area (Å²) in [5.74, 6) is -1.12. The van der Waals surface area contributed by atoms with E-state index >= 15 is 0 Å². The van der Waals surface area contributed by atoms with E-state index in [1.54, 1.807) is 0 Å². The first-order valence-corrected chi connectivity index (χ1v) is 10.4. The van der Waals surface area contributed by atoms with Crippen LogP contribution in [0.2, 0.25) is 0 Å². The third-order valence-corrected chi connectivity index (χ3v) is 5.80. The molecular weight excluding hydrogens is 422 g/mol. The summed E-state index contributed by atoms with van der Waals surface area (Å²) in [7, 11) is -1.19. The molecule has 1 saturated carbocycles. The quantitative estimate of drug-likeness (QED) is 0.619. The number of anilines is 1. The normalized spacial score (nSPS) is 13.8. The van der Waals surface area contributed by atoms with Gasteiger partial charge < -0.3 is 19.5 Å². The Morgan fingerprint density at radius 3 is 2.40 bits per heavy atom. The Hall–Kier alpha value is -2.92. The molecule has 1 aliphatic rings. The number of benzene rings is 2. The molecule has 0 aromatic heterocycles. The zero-order chi connectivity index (χ0) is 21.9. The van der Waals surface area contributed by atoms with Gasteiger partial charge >= 0.3 is 6.61 Å². The number of nitrogens with one attached hydrogen (secondary N) is 2. The third kappa shape index (κ3) is 4.97. The average Bonchev–Trinajstić information content (AvgIpc) is 3.50. The molecule has 2 N–H and O–H groups in total. The number of carbonyl (C=O) groups excluding carboxylic acids is 1. The molecule has 0 spiro atoms. The van der Waals surface area contributed by atoms with Crippen LogP contribution in [0.4, 0.5) is 14.5 Å². The smallest absolute Gasteiger partial charge is 0.387 e. The minimum absolute atomic E-state index is 0.0481. The maximum absolute atomic E-state index is 12.8. The van der Waals surface area contributed by atoms with Crippen LogP contribution in [0.25, 0.3) is 0 Å². The average molecular weight is 442 g/mol. The second-order valence-electron chi connectivity index (χ2n) is 6.43. The molecule has 0 saturated heterocycles. The SMILES string of the molecule is COc1ccc(S(=O)(=O)NC2CC2)cc1NC(=O)c1cccc(OC)c1OC(F)F. The van der Waals surface area contributed by atoms with Gasteiger partial charge in [0.2, 0.25) is 10.0 Å². The van der Waals surface area contributed by atoms with Gasteiger partial charge in [0.1, 0.15) is 5.75 Å². The summed E-state index contributed by atoms with van der Waals surface area (Å²) in [6, 6.07) is 7.94. The topological polar surface area (TPSA) is 103 Å². The Kier molecular flexibility index (Phi) is 6.42. The molecular formula is C19H20F2N2O6S. The van der Waals surface area contributed by atoms with Gasteiger partial charge in [-0.3, -0.25) is 4.79 Å². The highest BCUT2D eigenvalue weighted by Gasteiger charge is 2.29. The predicted molar refractivity (Wildman–Crippen MR) is 104 cm³/mol. The molecule has 2 aromatic carbocycles. The Morgan fingerprint density at radius 1 is 1.10 bits per heavy atom. The number of halogens is 2. The molecule has 162 valence electrons. The molecule has 1 fully saturated rings. The van der Waals surface area contributed by atoms with Crippen LogP contribution in [0.5, 0.6) is 17.2 Å². The lowest BCUT2D eigenvalue weighted by Crippen LogP contribution is -2.26. The molecule has 0 atom stereocenters. The number of rotatable bonds is 9. The molecule has 0 radical (unpaired) electrons. The van der Waals surface area contributed by atoms with Gasteiger partial charge in [0.15, 0.2) is 11.5 Å². The lowest BCUT2D eigenvalue weighted by molar-refractivity contribution is -0.0515. The summed E-state index contributed by atoms with van der Waals surface area (Å²) in [6.07, 6.45) is 1.53. The number of hydrogen-bond acceptors (Lipinski definition) is 6. The van der Waals surface area contributed by atoms with Gasteiger partial charge in [0.25, 0.3) is 5.91 Å². The van der Waals surface area contributed by atoms with Crippen molar-refractivity contribution in [1.29, 1.82) is 0 Å². The zero-order valence-electron chi connectivity index (χ0n) is 16.1. The second-order valence-corrected chi connectivity index (χ2v) is 8.14. The summed E-state index contributed by atoms with van der Waals surface area (Å²) in [4.78, 5) is 12.7. The highest BCUT2D eigenvalue weighted by Crippen LogP contribution is 2.34. The van der Waals surface area contributed by atoms with Gasteiger partial charge in [0.05, 0.1) is 30.4 Å². The molecule has 0 aliphatic heterocycles. The van der Waals surface area contributed by atoms with Crippen molar-refractivity contribution >= 4 is 21.6 Å². The van der Waals surface area contributed by atoms with E-state index in [4.69, 9.17) is 9.47 Å². The van der Waals surface area contributed by atoms with Crippen LogP contribution in [0, 0.1) is 0 Å². The number of methoxy groups -OCH3 is 2. The number of ether oxygens (including phenoxy) is 3. The molecule has 30 heavy (non-hydrogen) atoms. The van der Waals surface area contributed by atoms with E-state index in [-0.39, 0.29) is 33.7 Å². The Bertz CT molecular complexity index is 1040. The molecule has 0 bridgehead atoms. The zero-order valence-corrected chi connectivity index (χ0v) is 17.0. The minimum Gasteiger partial charge on any atom is -0.495 e. The van der Waals surface area contributed by atoms with E-state index in [9.17, 15) is 22.0 Å². The lowest BCUT2D eigenvalue weighted by atomic mass is 10.1. The first-order valence-electron chi connectivity index (χ1n) is 8.88. The van der Waals surface area contributed by atoms with Crippen molar-refractivity contribution in [3.63, 3.8) is 0 Å². The summed E-state index contributed by atoms with van der Waals surface area (Å²) in [5.41, 5.74) is -0.173. The predicted octanol–water partition coefficient (Wildman–Crippen LogP) is 3.00. The van der Waals surface area contributed by atoms with Crippen molar-refractivity contribution in [2.75, 3.05) is 19.5 Å². The molecule has 1 amide bonds. The number of carbonyl (C=O) groups is 1. The monoisotopic (exact) mass is 442 g/mol. The molecule has 0 unspecified atom stereocenters. The highest BCUT2D eigenvalue weighted by atomic mass is 32.2. The van der Waals surface area contributed by atoms with Gasteiger partial charge in [0, 0.05) is 6.04 Å². The molecule has 8 nitrogen and oxygen atoms in total. The molecule has 2 aromatic rings. The summed E-state index contributed by atoms with van der Waals surface area (Å²) in [6.45, 7) is -3.18. The Labute approximate surface area is 172 Å². The van der Waals surface area contributed by atoms with E-state index < -0.39 is 28.3 Å². The standard InChI is InChI=1S/C19H20F2N2O6S/c1-27-15-9-8-12(30(25,26)23-11-6-7-11)10-14(15)22-18(24)13-4-3-5-16(28-2)17(13)29-19(20)21/h3-5,8-11,19,23H,6-7H2,1-2H3,(H,22,24). The van der Waals surface area contributed by atoms with Crippen molar-refractivity contribution in [3.05, 3.63) is 42.0 Å². The van der Waals surface area contributed by atoms with Crippen molar-refractivity contribution in [1.82, 2.24) is 4.72 Å². The molecule has 1 aliphatic carbocycles. The number of hydrogen-bond donors (Lipinski definition) is 2. The van der Waals surface area contributed by atoms with Gasteiger partial charge in [-0.1, -0.05) is 6.07 Å². The summed E-state index contributed by atoms with van der Waals surface area (Å²) >= 11 is 0. The van der Waals surface area contributed by atoms with Crippen LogP contribution in [0.1, 0.15) is 23.2 Å². The lowest BCUT2D eigenvalue weighted by Gasteiger charge is -2.16. The van der Waals surface area contributed by atoms with Crippen LogP contribution < -0.4 is 24.2 Å². The fourth-order valence-electron chi connectivity index (χ4n) is 2.70. The number of para-hydroxylation sites is 1. The van der Waals surface area contributed by atoms with Crippen LogP contribution in [-0.4, -0.2) is 41.2 Å². The summed E-state index contributed by atoms with van der Waals surface area (Å²) < 4.78 is 67.7. The minimum atomic E-state index is -3.78. The maximum atomic E-state index is 12.8.